The third kappa shape index (κ3) is 5.30. The molecule has 3 saturated heterocycles. The number of nitrogen functional groups attached to an aromatic ring is 2. The Balaban J connectivity index is 1.22. The van der Waals surface area contributed by atoms with Gasteiger partial charge in [0.25, 0.3) is 5.56 Å². The molecule has 0 amide bonds. The number of hydrogen-bond donors (Lipinski definition) is 5. The van der Waals surface area contributed by atoms with Crippen LogP contribution in [0.1, 0.15) is 12.5 Å². The maximum Gasteiger partial charge on any atom is 0.472 e. The van der Waals surface area contributed by atoms with Crippen molar-refractivity contribution in [3.63, 3.8) is 0 Å². The molecular weight excluding hydrogens is 664 g/mol. The first-order chi connectivity index (χ1) is 21.9. The molecule has 46 heavy (non-hydrogen) atoms. The number of H-pyrrole nitrogens is 1. The smallest absolute Gasteiger partial charge is 0.382 e. The van der Waals surface area contributed by atoms with E-state index >= 15 is 4.39 Å². The number of ether oxygens (including phenoxy) is 3. The molecule has 3 fully saturated rings. The first-order valence-electron chi connectivity index (χ1n) is 13.3. The molecular formula is C21H25FN11O11PS. The summed E-state index contributed by atoms with van der Waals surface area (Å²) >= 11 is 0. The molecule has 25 heteroatoms. The van der Waals surface area contributed by atoms with Gasteiger partial charge in [-0.2, -0.15) is 18.1 Å². The van der Waals surface area contributed by atoms with Gasteiger partial charge in [0, 0.05) is 13.7 Å². The summed E-state index contributed by atoms with van der Waals surface area (Å²) in [4.78, 5) is 45.4. The van der Waals surface area contributed by atoms with Crippen molar-refractivity contribution in [1.29, 1.82) is 0 Å². The van der Waals surface area contributed by atoms with Crippen molar-refractivity contribution >= 4 is 52.2 Å². The molecule has 7 N–H and O–H groups in total. The van der Waals surface area contributed by atoms with E-state index in [1.54, 1.807) is 0 Å². The summed E-state index contributed by atoms with van der Waals surface area (Å²) in [5, 5.41) is 0. The third-order valence-electron chi connectivity index (χ3n) is 7.57. The van der Waals surface area contributed by atoms with Crippen molar-refractivity contribution in [3.05, 3.63) is 29.3 Å². The van der Waals surface area contributed by atoms with E-state index in [2.05, 4.69) is 34.6 Å². The van der Waals surface area contributed by atoms with E-state index < -0.39 is 86.0 Å². The Morgan fingerprint density at radius 1 is 1.07 bits per heavy atom. The van der Waals surface area contributed by atoms with Crippen molar-refractivity contribution < 1.29 is 49.7 Å². The number of nitrogens with two attached hydrogens (primary N) is 2. The molecule has 3 aliphatic heterocycles. The van der Waals surface area contributed by atoms with Gasteiger partial charge >= 0.3 is 18.1 Å². The van der Waals surface area contributed by atoms with Crippen LogP contribution in [0.15, 0.2) is 23.8 Å². The van der Waals surface area contributed by atoms with E-state index in [0.717, 1.165) is 23.5 Å². The molecule has 0 aliphatic carbocycles. The van der Waals surface area contributed by atoms with E-state index in [9.17, 15) is 22.7 Å². The predicted molar refractivity (Wildman–Crippen MR) is 148 cm³/mol. The molecule has 0 saturated carbocycles. The number of imidazole rings is 2. The van der Waals surface area contributed by atoms with Gasteiger partial charge in [0.15, 0.2) is 41.3 Å². The molecule has 2 bridgehead atoms. The Kier molecular flexibility index (Phi) is 7.54. The SMILES string of the molecule is COC1C2CNS(=O)(=O)OC3C(COP(=O)(O)OC1C(n1cnc4c(=O)[nH]c(N)nc41)O2)OC(n1cnc2c(N)ncnc21)C3F. The number of rotatable bonds is 3. The Labute approximate surface area is 256 Å². The Morgan fingerprint density at radius 2 is 1.78 bits per heavy atom. The van der Waals surface area contributed by atoms with Crippen molar-refractivity contribution in [2.45, 2.75) is 49.1 Å². The molecule has 3 aliphatic rings. The summed E-state index contributed by atoms with van der Waals surface area (Å²) < 4.78 is 93.1. The molecule has 0 radical (unpaired) electrons. The van der Waals surface area contributed by atoms with Crippen molar-refractivity contribution in [2.24, 2.45) is 0 Å². The average molecular weight is 690 g/mol. The largest absolute Gasteiger partial charge is 0.472 e. The lowest BCUT2D eigenvalue weighted by Crippen LogP contribution is -2.44. The molecule has 4 aromatic rings. The molecule has 248 valence electrons. The van der Waals surface area contributed by atoms with Crippen molar-refractivity contribution in [1.82, 2.24) is 43.8 Å². The van der Waals surface area contributed by atoms with Gasteiger partial charge in [-0.3, -0.25) is 28.0 Å². The molecule has 22 nitrogen and oxygen atoms in total. The van der Waals surface area contributed by atoms with Crippen molar-refractivity contribution in [2.75, 3.05) is 31.7 Å². The van der Waals surface area contributed by atoms with Crippen LogP contribution in [-0.2, 0) is 42.3 Å². The molecule has 0 aromatic carbocycles. The zero-order valence-electron chi connectivity index (χ0n) is 23.3. The van der Waals surface area contributed by atoms with Crippen LogP contribution >= 0.6 is 7.82 Å². The number of methoxy groups -OCH3 is 1. The summed E-state index contributed by atoms with van der Waals surface area (Å²) in [6.07, 6.45) is -9.06. The average Bonchev–Trinajstić information content (AvgIpc) is 3.75. The topological polar surface area (TPSA) is 298 Å². The number of phosphoric acid groups is 1. The normalized spacial score (nSPS) is 35.0. The van der Waals surface area contributed by atoms with Crippen LogP contribution in [0.3, 0.4) is 0 Å². The lowest BCUT2D eigenvalue weighted by molar-refractivity contribution is -0.0568. The Bertz CT molecular complexity index is 2030. The van der Waals surface area contributed by atoms with E-state index in [0.29, 0.717) is 0 Å². The number of hydrogen-bond acceptors (Lipinski definition) is 17. The summed E-state index contributed by atoms with van der Waals surface area (Å²) in [5.41, 5.74) is 10.8. The number of nitrogens with zero attached hydrogens (tertiary/aromatic N) is 7. The summed E-state index contributed by atoms with van der Waals surface area (Å²) in [6, 6.07) is 0. The van der Waals surface area contributed by atoms with Gasteiger partial charge in [-0.05, 0) is 0 Å². The number of anilines is 2. The van der Waals surface area contributed by atoms with Gasteiger partial charge < -0.3 is 30.6 Å². The predicted octanol–water partition coefficient (Wildman–Crippen LogP) is -1.99. The molecule has 4 aromatic heterocycles. The molecule has 0 spiro atoms. The highest BCUT2D eigenvalue weighted by Gasteiger charge is 2.54. The second-order valence-electron chi connectivity index (χ2n) is 10.3. The van der Waals surface area contributed by atoms with Crippen LogP contribution in [0, 0.1) is 0 Å². The number of fused-ring (bicyclic) bond motifs is 5. The minimum absolute atomic E-state index is 0.00342. The van der Waals surface area contributed by atoms with Crippen LogP contribution in [0.2, 0.25) is 0 Å². The van der Waals surface area contributed by atoms with Crippen molar-refractivity contribution in [3.8, 4) is 0 Å². The van der Waals surface area contributed by atoms with Gasteiger partial charge in [0.1, 0.15) is 42.4 Å². The first-order valence-corrected chi connectivity index (χ1v) is 16.2. The Morgan fingerprint density at radius 3 is 2.54 bits per heavy atom. The molecule has 7 heterocycles. The van der Waals surface area contributed by atoms with Crippen LogP contribution in [-0.4, -0.2) is 109 Å². The zero-order chi connectivity index (χ0) is 32.5. The monoisotopic (exact) mass is 689 g/mol. The number of aromatic amines is 1. The maximum atomic E-state index is 15.9. The van der Waals surface area contributed by atoms with E-state index in [-0.39, 0.29) is 34.1 Å². The van der Waals surface area contributed by atoms with E-state index in [1.165, 1.54) is 11.7 Å². The number of aromatic nitrogens is 8. The maximum absolute atomic E-state index is 15.9. The molecule has 7 rings (SSSR count). The number of nitrogens with one attached hydrogen (secondary N) is 2. The standard InChI is InChI=1S/C21H25FN11O11PS/c1-39-13-7-2-29-46(37,38)44-12-8(42-19(9(12)22)32-5-27-10-15(23)25-4-26-16(10)32)3-40-45(35,36)43-14(13)20(41-7)33-6-28-11-17(33)30-21(24)31-18(11)34/h4-9,12-14,19-20,29H,2-3H2,1H3,(H,35,36)(H2,23,25,26)(H3,24,30,31,34). The fourth-order valence-electron chi connectivity index (χ4n) is 5.56. The highest BCUT2D eigenvalue weighted by atomic mass is 32.2. The van der Waals surface area contributed by atoms with Gasteiger partial charge in [-0.1, -0.05) is 0 Å². The van der Waals surface area contributed by atoms with Gasteiger partial charge in [0.2, 0.25) is 5.95 Å². The lowest BCUT2D eigenvalue weighted by atomic mass is 10.1. The van der Waals surface area contributed by atoms with Crippen LogP contribution in [0.25, 0.3) is 22.3 Å². The minimum atomic E-state index is -5.09. The zero-order valence-corrected chi connectivity index (χ0v) is 25.0. The van der Waals surface area contributed by atoms with Gasteiger partial charge in [-0.15, -0.1) is 0 Å². The highest BCUT2D eigenvalue weighted by Crippen LogP contribution is 2.51. The minimum Gasteiger partial charge on any atom is -0.382 e. The van der Waals surface area contributed by atoms with Gasteiger partial charge in [0.05, 0.1) is 19.3 Å². The second-order valence-corrected chi connectivity index (χ2v) is 13.1. The summed E-state index contributed by atoms with van der Waals surface area (Å²) in [5.74, 6) is -0.253. The quantitative estimate of drug-likeness (QED) is 0.145. The number of alkyl halides is 1. The Hall–Kier alpha value is -3.71. The fraction of sp³-hybridized carbons (Fsp3) is 0.524. The summed E-state index contributed by atoms with van der Waals surface area (Å²) in [7, 11) is -8.61. The van der Waals surface area contributed by atoms with E-state index in [4.69, 9.17) is 38.9 Å². The molecule has 9 atom stereocenters. The molecule has 9 unspecified atom stereocenters. The fourth-order valence-corrected chi connectivity index (χ4v) is 7.45. The number of halogens is 1. The van der Waals surface area contributed by atoms with Crippen LogP contribution in [0.5, 0.6) is 0 Å². The second kappa shape index (κ2) is 11.2. The first kappa shape index (κ1) is 30.9. The number of phosphoric ester groups is 1. The highest BCUT2D eigenvalue weighted by molar-refractivity contribution is 7.84. The van der Waals surface area contributed by atoms with E-state index in [1.807, 2.05) is 0 Å². The van der Waals surface area contributed by atoms with Gasteiger partial charge in [-0.25, -0.2) is 33.1 Å². The lowest BCUT2D eigenvalue weighted by Gasteiger charge is -2.26. The van der Waals surface area contributed by atoms with Crippen LogP contribution in [0.4, 0.5) is 16.2 Å². The summed E-state index contributed by atoms with van der Waals surface area (Å²) in [6.45, 7) is -1.42. The van der Waals surface area contributed by atoms with Crippen LogP contribution < -0.4 is 21.7 Å². The third-order valence-corrected chi connectivity index (χ3v) is 9.55.